The Balaban J connectivity index is 2.31. The summed E-state index contributed by atoms with van der Waals surface area (Å²) in [5.74, 6) is -0.287. The first-order chi connectivity index (χ1) is 7.88. The number of amides is 1. The van der Waals surface area contributed by atoms with Gasteiger partial charge in [-0.05, 0) is 18.6 Å². The maximum Gasteiger partial charge on any atom is 0.416 e. The molecule has 0 aliphatic carbocycles. The molecule has 2 rings (SSSR count). The average Bonchev–Trinajstić information content (AvgIpc) is 2.57. The lowest BCUT2D eigenvalue weighted by molar-refractivity contribution is -0.137. The van der Waals surface area contributed by atoms with Crippen LogP contribution in [-0.4, -0.2) is 11.9 Å². The summed E-state index contributed by atoms with van der Waals surface area (Å²) >= 11 is 0. The third-order valence-electron chi connectivity index (χ3n) is 3.04. The van der Waals surface area contributed by atoms with Crippen molar-refractivity contribution >= 4 is 5.91 Å². The maximum absolute atomic E-state index is 12.5. The summed E-state index contributed by atoms with van der Waals surface area (Å²) in [6.45, 7) is 1.80. The molecule has 17 heavy (non-hydrogen) atoms. The molecule has 1 fully saturated rings. The Morgan fingerprint density at radius 2 is 2.06 bits per heavy atom. The van der Waals surface area contributed by atoms with Crippen molar-refractivity contribution in [2.75, 3.05) is 0 Å². The molecule has 0 aromatic heterocycles. The Kier molecular flexibility index (Phi) is 2.85. The Bertz CT molecular complexity index is 442. The zero-order valence-corrected chi connectivity index (χ0v) is 9.21. The van der Waals surface area contributed by atoms with E-state index in [2.05, 4.69) is 5.32 Å². The van der Waals surface area contributed by atoms with E-state index in [4.69, 9.17) is 0 Å². The van der Waals surface area contributed by atoms with Crippen LogP contribution >= 0.6 is 0 Å². The standard InChI is InChI=1S/C12H12F3NO/c1-7-10(6-11(17)16-7)8-3-2-4-9(5-8)12(13,14)15/h2-5,7,10H,6H2,1H3,(H,16,17). The highest BCUT2D eigenvalue weighted by Gasteiger charge is 2.34. The number of halogens is 3. The van der Waals surface area contributed by atoms with Crippen LogP contribution in [0.15, 0.2) is 24.3 Å². The Labute approximate surface area is 96.8 Å². The minimum Gasteiger partial charge on any atom is -0.353 e. The Morgan fingerprint density at radius 3 is 2.59 bits per heavy atom. The first-order valence-corrected chi connectivity index (χ1v) is 5.34. The highest BCUT2D eigenvalue weighted by Crippen LogP contribution is 2.34. The van der Waals surface area contributed by atoms with Crippen LogP contribution in [0.5, 0.6) is 0 Å². The van der Waals surface area contributed by atoms with Crippen molar-refractivity contribution in [3.8, 4) is 0 Å². The van der Waals surface area contributed by atoms with Gasteiger partial charge in [0, 0.05) is 18.4 Å². The summed E-state index contributed by atoms with van der Waals surface area (Å²) in [4.78, 5) is 11.2. The molecule has 1 saturated heterocycles. The molecule has 0 radical (unpaired) electrons. The first kappa shape index (κ1) is 12.0. The van der Waals surface area contributed by atoms with E-state index in [-0.39, 0.29) is 24.3 Å². The van der Waals surface area contributed by atoms with Gasteiger partial charge in [-0.2, -0.15) is 13.2 Å². The Morgan fingerprint density at radius 1 is 1.35 bits per heavy atom. The van der Waals surface area contributed by atoms with Gasteiger partial charge in [0.25, 0.3) is 0 Å². The number of carbonyl (C=O) groups excluding carboxylic acids is 1. The molecule has 0 bridgehead atoms. The molecule has 1 aliphatic rings. The average molecular weight is 243 g/mol. The second kappa shape index (κ2) is 4.05. The van der Waals surface area contributed by atoms with Crippen LogP contribution in [0.4, 0.5) is 13.2 Å². The topological polar surface area (TPSA) is 29.1 Å². The monoisotopic (exact) mass is 243 g/mol. The lowest BCUT2D eigenvalue weighted by atomic mass is 9.91. The summed E-state index contributed by atoms with van der Waals surface area (Å²) in [6.07, 6.45) is -4.09. The molecule has 1 N–H and O–H groups in total. The largest absolute Gasteiger partial charge is 0.416 e. The summed E-state index contributed by atoms with van der Waals surface area (Å²) in [6, 6.07) is 5.07. The number of nitrogens with one attached hydrogen (secondary N) is 1. The molecule has 1 aliphatic heterocycles. The highest BCUT2D eigenvalue weighted by molar-refractivity contribution is 5.80. The van der Waals surface area contributed by atoms with Crippen molar-refractivity contribution in [1.82, 2.24) is 5.32 Å². The minimum atomic E-state index is -4.34. The fourth-order valence-corrected chi connectivity index (χ4v) is 2.14. The summed E-state index contributed by atoms with van der Waals surface area (Å²) < 4.78 is 37.6. The molecular weight excluding hydrogens is 231 g/mol. The van der Waals surface area contributed by atoms with Gasteiger partial charge in [-0.25, -0.2) is 0 Å². The van der Waals surface area contributed by atoms with Crippen LogP contribution in [0.25, 0.3) is 0 Å². The van der Waals surface area contributed by atoms with E-state index in [1.165, 1.54) is 6.07 Å². The van der Waals surface area contributed by atoms with E-state index in [9.17, 15) is 18.0 Å². The number of hydrogen-bond acceptors (Lipinski definition) is 1. The summed E-state index contributed by atoms with van der Waals surface area (Å²) in [5, 5.41) is 2.70. The zero-order chi connectivity index (χ0) is 12.6. The van der Waals surface area contributed by atoms with Crippen molar-refractivity contribution < 1.29 is 18.0 Å². The van der Waals surface area contributed by atoms with Gasteiger partial charge in [0.15, 0.2) is 0 Å². The molecule has 0 spiro atoms. The second-order valence-corrected chi connectivity index (χ2v) is 4.29. The number of rotatable bonds is 1. The van der Waals surface area contributed by atoms with Crippen LogP contribution in [-0.2, 0) is 11.0 Å². The third-order valence-corrected chi connectivity index (χ3v) is 3.04. The van der Waals surface area contributed by atoms with Crippen LogP contribution in [0, 0.1) is 0 Å². The van der Waals surface area contributed by atoms with Crippen molar-refractivity contribution in [2.24, 2.45) is 0 Å². The quantitative estimate of drug-likeness (QED) is 0.807. The maximum atomic E-state index is 12.5. The van der Waals surface area contributed by atoms with E-state index < -0.39 is 11.7 Å². The predicted molar refractivity (Wildman–Crippen MR) is 56.4 cm³/mol. The van der Waals surface area contributed by atoms with Gasteiger partial charge in [0.2, 0.25) is 5.91 Å². The molecular formula is C12H12F3NO. The molecule has 2 nitrogen and oxygen atoms in total. The molecule has 1 aromatic carbocycles. The van der Waals surface area contributed by atoms with E-state index >= 15 is 0 Å². The molecule has 5 heteroatoms. The van der Waals surface area contributed by atoms with Crippen molar-refractivity contribution in [2.45, 2.75) is 31.5 Å². The molecule has 0 saturated carbocycles. The lowest BCUT2D eigenvalue weighted by Crippen LogP contribution is -2.24. The van der Waals surface area contributed by atoms with Gasteiger partial charge < -0.3 is 5.32 Å². The van der Waals surface area contributed by atoms with Crippen molar-refractivity contribution in [1.29, 1.82) is 0 Å². The first-order valence-electron chi connectivity index (χ1n) is 5.34. The number of benzene rings is 1. The number of hydrogen-bond donors (Lipinski definition) is 1. The smallest absolute Gasteiger partial charge is 0.353 e. The third kappa shape index (κ3) is 2.43. The van der Waals surface area contributed by atoms with Gasteiger partial charge in [-0.1, -0.05) is 18.2 Å². The van der Waals surface area contributed by atoms with Crippen molar-refractivity contribution in [3.63, 3.8) is 0 Å². The van der Waals surface area contributed by atoms with E-state index in [1.807, 2.05) is 0 Å². The summed E-state index contributed by atoms with van der Waals surface area (Å²) in [5.41, 5.74) is -0.104. The predicted octanol–water partition coefficient (Wildman–Crippen LogP) is 2.70. The fraction of sp³-hybridized carbons (Fsp3) is 0.417. The fourth-order valence-electron chi connectivity index (χ4n) is 2.14. The van der Waals surface area contributed by atoms with E-state index in [0.717, 1.165) is 12.1 Å². The van der Waals surface area contributed by atoms with Crippen LogP contribution in [0.3, 0.4) is 0 Å². The van der Waals surface area contributed by atoms with Gasteiger partial charge in [0.1, 0.15) is 0 Å². The van der Waals surface area contributed by atoms with Gasteiger partial charge in [0.05, 0.1) is 5.56 Å². The number of alkyl halides is 3. The molecule has 2 unspecified atom stereocenters. The molecule has 1 heterocycles. The van der Waals surface area contributed by atoms with Gasteiger partial charge >= 0.3 is 6.18 Å². The SMILES string of the molecule is CC1NC(=O)CC1c1cccc(C(F)(F)F)c1. The second-order valence-electron chi connectivity index (χ2n) is 4.29. The highest BCUT2D eigenvalue weighted by atomic mass is 19.4. The number of carbonyl (C=O) groups is 1. The van der Waals surface area contributed by atoms with Crippen LogP contribution in [0.2, 0.25) is 0 Å². The zero-order valence-electron chi connectivity index (χ0n) is 9.21. The van der Waals surface area contributed by atoms with Crippen LogP contribution < -0.4 is 5.32 Å². The van der Waals surface area contributed by atoms with Gasteiger partial charge in [-0.15, -0.1) is 0 Å². The Hall–Kier alpha value is -1.52. The minimum absolute atomic E-state index is 0.111. The molecule has 92 valence electrons. The van der Waals surface area contributed by atoms with E-state index in [0.29, 0.717) is 5.56 Å². The van der Waals surface area contributed by atoms with Crippen molar-refractivity contribution in [3.05, 3.63) is 35.4 Å². The summed E-state index contributed by atoms with van der Waals surface area (Å²) in [7, 11) is 0. The molecule has 1 aromatic rings. The molecule has 2 atom stereocenters. The van der Waals surface area contributed by atoms with Crippen LogP contribution in [0.1, 0.15) is 30.4 Å². The van der Waals surface area contributed by atoms with Gasteiger partial charge in [-0.3, -0.25) is 4.79 Å². The molecule has 1 amide bonds. The van der Waals surface area contributed by atoms with E-state index in [1.54, 1.807) is 13.0 Å². The lowest BCUT2D eigenvalue weighted by Gasteiger charge is -2.16. The normalized spacial score (nSPS) is 24.8.